The molecule has 0 unspecified atom stereocenters. The Kier molecular flexibility index (Phi) is 5.14. The van der Waals surface area contributed by atoms with Crippen LogP contribution in [0.3, 0.4) is 0 Å². The molecular weight excluding hydrogens is 359 g/mol. The standard InChI is InChI=1S/C22H19FN2OS/c1-26-21-9-6-17-10-15(2-3-18(17)11-21)12-24-13-20-14-27-22(25-20)16-4-7-19(23)8-5-16/h2-11,14,24H,12-13H2,1H3. The van der Waals surface area contributed by atoms with E-state index in [1.165, 1.54) is 28.5 Å². The van der Waals surface area contributed by atoms with Gasteiger partial charge in [-0.15, -0.1) is 11.3 Å². The van der Waals surface area contributed by atoms with Gasteiger partial charge in [-0.05, 0) is 58.8 Å². The van der Waals surface area contributed by atoms with Crippen LogP contribution in [0, 0.1) is 5.82 Å². The van der Waals surface area contributed by atoms with Crippen LogP contribution in [0.15, 0.2) is 66.0 Å². The molecule has 4 aromatic rings. The van der Waals surface area contributed by atoms with Gasteiger partial charge in [-0.1, -0.05) is 18.2 Å². The van der Waals surface area contributed by atoms with Crippen LogP contribution in [0.1, 0.15) is 11.3 Å². The van der Waals surface area contributed by atoms with Crippen LogP contribution in [0.5, 0.6) is 5.75 Å². The molecular formula is C22H19FN2OS. The van der Waals surface area contributed by atoms with Crippen molar-refractivity contribution in [3.8, 4) is 16.3 Å². The Morgan fingerprint density at radius 2 is 1.74 bits per heavy atom. The average Bonchev–Trinajstić information content (AvgIpc) is 3.17. The summed E-state index contributed by atoms with van der Waals surface area (Å²) in [5.41, 5.74) is 3.16. The number of halogens is 1. The number of fused-ring (bicyclic) bond motifs is 1. The van der Waals surface area contributed by atoms with Gasteiger partial charge in [-0.3, -0.25) is 0 Å². The lowest BCUT2D eigenvalue weighted by Gasteiger charge is -2.07. The van der Waals surface area contributed by atoms with Gasteiger partial charge in [0.1, 0.15) is 16.6 Å². The van der Waals surface area contributed by atoms with Crippen molar-refractivity contribution in [3.63, 3.8) is 0 Å². The molecule has 0 saturated heterocycles. The minimum absolute atomic E-state index is 0.231. The number of rotatable bonds is 6. The number of hydrogen-bond acceptors (Lipinski definition) is 4. The Bertz CT molecular complexity index is 1060. The fraction of sp³-hybridized carbons (Fsp3) is 0.136. The largest absolute Gasteiger partial charge is 0.497 e. The van der Waals surface area contributed by atoms with Gasteiger partial charge in [-0.2, -0.15) is 0 Å². The van der Waals surface area contributed by atoms with E-state index in [2.05, 4.69) is 34.6 Å². The van der Waals surface area contributed by atoms with Crippen molar-refractivity contribution in [1.29, 1.82) is 0 Å². The molecule has 1 aromatic heterocycles. The van der Waals surface area contributed by atoms with Gasteiger partial charge >= 0.3 is 0 Å². The molecule has 136 valence electrons. The van der Waals surface area contributed by atoms with E-state index < -0.39 is 0 Å². The number of benzene rings is 3. The fourth-order valence-electron chi connectivity index (χ4n) is 2.96. The maximum Gasteiger partial charge on any atom is 0.123 e. The summed E-state index contributed by atoms with van der Waals surface area (Å²) in [6, 6.07) is 19.0. The smallest absolute Gasteiger partial charge is 0.123 e. The minimum atomic E-state index is -0.231. The summed E-state index contributed by atoms with van der Waals surface area (Å²) in [5, 5.41) is 8.75. The molecule has 0 bridgehead atoms. The number of aromatic nitrogens is 1. The van der Waals surface area contributed by atoms with Crippen LogP contribution < -0.4 is 10.1 Å². The van der Waals surface area contributed by atoms with Crippen molar-refractivity contribution < 1.29 is 9.13 Å². The van der Waals surface area contributed by atoms with Gasteiger partial charge in [0.25, 0.3) is 0 Å². The van der Waals surface area contributed by atoms with Gasteiger partial charge in [0, 0.05) is 24.0 Å². The Labute approximate surface area is 161 Å². The van der Waals surface area contributed by atoms with Gasteiger partial charge in [-0.25, -0.2) is 9.37 Å². The quantitative estimate of drug-likeness (QED) is 0.488. The summed E-state index contributed by atoms with van der Waals surface area (Å²) in [5.74, 6) is 0.639. The van der Waals surface area contributed by atoms with Gasteiger partial charge in [0.2, 0.25) is 0 Å². The van der Waals surface area contributed by atoms with Crippen molar-refractivity contribution >= 4 is 22.1 Å². The van der Waals surface area contributed by atoms with E-state index in [4.69, 9.17) is 4.74 Å². The summed E-state index contributed by atoms with van der Waals surface area (Å²) >= 11 is 1.57. The zero-order chi connectivity index (χ0) is 18.6. The fourth-order valence-corrected chi connectivity index (χ4v) is 3.78. The number of nitrogens with zero attached hydrogens (tertiary/aromatic N) is 1. The molecule has 3 aromatic carbocycles. The molecule has 0 spiro atoms. The van der Waals surface area contributed by atoms with Crippen LogP contribution in [-0.2, 0) is 13.1 Å². The first-order chi connectivity index (χ1) is 13.2. The average molecular weight is 378 g/mol. The Hall–Kier alpha value is -2.76. The van der Waals surface area contributed by atoms with Crippen LogP contribution >= 0.6 is 11.3 Å². The highest BCUT2D eigenvalue weighted by Gasteiger charge is 2.05. The maximum absolute atomic E-state index is 13.0. The maximum atomic E-state index is 13.0. The molecule has 1 N–H and O–H groups in total. The third kappa shape index (κ3) is 4.15. The van der Waals surface area contributed by atoms with Crippen LogP contribution in [0.4, 0.5) is 4.39 Å². The molecule has 27 heavy (non-hydrogen) atoms. The first-order valence-electron chi connectivity index (χ1n) is 8.69. The van der Waals surface area contributed by atoms with Crippen LogP contribution in [-0.4, -0.2) is 12.1 Å². The predicted octanol–water partition coefficient (Wildman–Crippen LogP) is 5.40. The molecule has 0 fully saturated rings. The van der Waals surface area contributed by atoms with Crippen molar-refractivity contribution in [2.75, 3.05) is 7.11 Å². The van der Waals surface area contributed by atoms with Crippen molar-refractivity contribution in [1.82, 2.24) is 10.3 Å². The van der Waals surface area contributed by atoms with E-state index in [0.717, 1.165) is 28.6 Å². The summed E-state index contributed by atoms with van der Waals surface area (Å²) in [4.78, 5) is 4.63. The second-order valence-electron chi connectivity index (χ2n) is 6.30. The minimum Gasteiger partial charge on any atom is -0.497 e. The molecule has 3 nitrogen and oxygen atoms in total. The lowest BCUT2D eigenvalue weighted by molar-refractivity contribution is 0.415. The molecule has 1 heterocycles. The third-order valence-electron chi connectivity index (χ3n) is 4.39. The first-order valence-corrected chi connectivity index (χ1v) is 9.57. The van der Waals surface area contributed by atoms with E-state index >= 15 is 0 Å². The SMILES string of the molecule is COc1ccc2cc(CNCc3csc(-c4ccc(F)cc4)n3)ccc2c1. The van der Waals surface area contributed by atoms with Gasteiger partial charge in [0.15, 0.2) is 0 Å². The highest BCUT2D eigenvalue weighted by atomic mass is 32.1. The van der Waals surface area contributed by atoms with E-state index in [1.807, 2.05) is 17.5 Å². The zero-order valence-electron chi connectivity index (χ0n) is 14.9. The molecule has 0 amide bonds. The number of hydrogen-bond donors (Lipinski definition) is 1. The van der Waals surface area contributed by atoms with Gasteiger partial charge < -0.3 is 10.1 Å². The van der Waals surface area contributed by atoms with E-state index in [9.17, 15) is 4.39 Å². The molecule has 0 saturated carbocycles. The summed E-state index contributed by atoms with van der Waals surface area (Å²) in [7, 11) is 1.68. The molecule has 0 atom stereocenters. The van der Waals surface area contributed by atoms with E-state index in [0.29, 0.717) is 6.54 Å². The Morgan fingerprint density at radius 3 is 2.56 bits per heavy atom. The molecule has 0 aliphatic carbocycles. The number of thiazole rings is 1. The number of nitrogens with one attached hydrogen (secondary N) is 1. The van der Waals surface area contributed by atoms with Crippen LogP contribution in [0.2, 0.25) is 0 Å². The third-order valence-corrected chi connectivity index (χ3v) is 5.33. The normalized spacial score (nSPS) is 11.0. The summed E-state index contributed by atoms with van der Waals surface area (Å²) < 4.78 is 18.3. The molecule has 4 rings (SSSR count). The number of ether oxygens (including phenoxy) is 1. The van der Waals surface area contributed by atoms with E-state index in [-0.39, 0.29) is 5.82 Å². The lowest BCUT2D eigenvalue weighted by Crippen LogP contribution is -2.12. The first kappa shape index (κ1) is 17.6. The Morgan fingerprint density at radius 1 is 0.963 bits per heavy atom. The predicted molar refractivity (Wildman–Crippen MR) is 109 cm³/mol. The van der Waals surface area contributed by atoms with Crippen molar-refractivity contribution in [2.45, 2.75) is 13.1 Å². The van der Waals surface area contributed by atoms with Crippen LogP contribution in [0.25, 0.3) is 21.3 Å². The van der Waals surface area contributed by atoms with Crippen molar-refractivity contribution in [3.05, 3.63) is 83.1 Å². The molecule has 0 radical (unpaired) electrons. The molecule has 5 heteroatoms. The van der Waals surface area contributed by atoms with E-state index in [1.54, 1.807) is 30.6 Å². The monoisotopic (exact) mass is 378 g/mol. The second kappa shape index (κ2) is 7.86. The summed E-state index contributed by atoms with van der Waals surface area (Å²) in [6.07, 6.45) is 0. The second-order valence-corrected chi connectivity index (χ2v) is 7.16. The lowest BCUT2D eigenvalue weighted by atomic mass is 10.1. The number of methoxy groups -OCH3 is 1. The Balaban J connectivity index is 1.38. The topological polar surface area (TPSA) is 34.1 Å². The summed E-state index contributed by atoms with van der Waals surface area (Å²) in [6.45, 7) is 1.46. The zero-order valence-corrected chi connectivity index (χ0v) is 15.7. The molecule has 0 aliphatic rings. The highest BCUT2D eigenvalue weighted by Crippen LogP contribution is 2.24. The molecule has 0 aliphatic heterocycles. The highest BCUT2D eigenvalue weighted by molar-refractivity contribution is 7.13. The van der Waals surface area contributed by atoms with Gasteiger partial charge in [0.05, 0.1) is 12.8 Å². The van der Waals surface area contributed by atoms with Crippen molar-refractivity contribution in [2.24, 2.45) is 0 Å².